The van der Waals surface area contributed by atoms with E-state index in [0.29, 0.717) is 22.4 Å². The Hall–Kier alpha value is -3.12. The summed E-state index contributed by atoms with van der Waals surface area (Å²) >= 11 is 5.99. The minimum absolute atomic E-state index is 0.0983. The molecule has 0 atom stereocenters. The maximum atomic E-state index is 12.2. The first-order chi connectivity index (χ1) is 13.4. The zero-order chi connectivity index (χ0) is 20.1. The smallest absolute Gasteiger partial charge is 0.262 e. The molecular formula is C21H21ClN4O2. The van der Waals surface area contributed by atoms with Crippen LogP contribution < -0.4 is 15.4 Å². The highest BCUT2D eigenvalue weighted by atomic mass is 35.5. The van der Waals surface area contributed by atoms with Crippen molar-refractivity contribution in [2.45, 2.75) is 20.8 Å². The molecule has 1 aromatic heterocycles. The number of amides is 1. The SMILES string of the molecule is Cc1cc(C)nc(Nc2cccc(NC(=O)COc3ccc(Cl)c(C)c3)c2)n1. The summed E-state index contributed by atoms with van der Waals surface area (Å²) in [6, 6.07) is 14.5. The molecule has 3 aromatic rings. The van der Waals surface area contributed by atoms with E-state index >= 15 is 0 Å². The van der Waals surface area contributed by atoms with Gasteiger partial charge in [-0.1, -0.05) is 17.7 Å². The van der Waals surface area contributed by atoms with Crippen molar-refractivity contribution in [3.63, 3.8) is 0 Å². The molecule has 0 aliphatic rings. The summed E-state index contributed by atoms with van der Waals surface area (Å²) in [6.45, 7) is 5.61. The van der Waals surface area contributed by atoms with Crippen LogP contribution in [-0.2, 0) is 4.79 Å². The van der Waals surface area contributed by atoms with Crippen LogP contribution in [0.4, 0.5) is 17.3 Å². The first-order valence-electron chi connectivity index (χ1n) is 8.77. The number of anilines is 3. The molecule has 0 saturated heterocycles. The van der Waals surface area contributed by atoms with Gasteiger partial charge in [-0.2, -0.15) is 0 Å². The number of nitrogens with one attached hydrogen (secondary N) is 2. The van der Waals surface area contributed by atoms with Gasteiger partial charge in [0.25, 0.3) is 5.91 Å². The van der Waals surface area contributed by atoms with E-state index in [0.717, 1.165) is 22.6 Å². The number of benzene rings is 2. The molecule has 0 bridgehead atoms. The van der Waals surface area contributed by atoms with Gasteiger partial charge in [0.2, 0.25) is 5.95 Å². The third-order valence-corrected chi connectivity index (χ3v) is 4.31. The van der Waals surface area contributed by atoms with E-state index < -0.39 is 0 Å². The summed E-state index contributed by atoms with van der Waals surface area (Å²) in [6.07, 6.45) is 0. The maximum Gasteiger partial charge on any atom is 0.262 e. The standard InChI is InChI=1S/C21H21ClN4O2/c1-13-9-18(7-8-19(13)22)28-12-20(27)25-16-5-4-6-17(11-16)26-21-23-14(2)10-15(3)24-21/h4-11H,12H2,1-3H3,(H,25,27)(H,23,24,26). The van der Waals surface area contributed by atoms with Crippen LogP contribution in [0.1, 0.15) is 17.0 Å². The highest BCUT2D eigenvalue weighted by Crippen LogP contribution is 2.21. The van der Waals surface area contributed by atoms with Crippen molar-refractivity contribution in [1.82, 2.24) is 9.97 Å². The quantitative estimate of drug-likeness (QED) is 0.624. The van der Waals surface area contributed by atoms with Crippen molar-refractivity contribution >= 4 is 34.8 Å². The number of hydrogen-bond acceptors (Lipinski definition) is 5. The fourth-order valence-corrected chi connectivity index (χ4v) is 2.76. The molecule has 7 heteroatoms. The summed E-state index contributed by atoms with van der Waals surface area (Å²) in [5, 5.41) is 6.63. The molecule has 0 fully saturated rings. The number of rotatable bonds is 6. The molecule has 1 heterocycles. The molecule has 2 N–H and O–H groups in total. The molecule has 0 unspecified atom stereocenters. The predicted octanol–water partition coefficient (Wildman–Crippen LogP) is 4.82. The van der Waals surface area contributed by atoms with Gasteiger partial charge in [-0.15, -0.1) is 0 Å². The summed E-state index contributed by atoms with van der Waals surface area (Å²) in [5.41, 5.74) is 4.09. The second-order valence-electron chi connectivity index (χ2n) is 6.43. The summed E-state index contributed by atoms with van der Waals surface area (Å²) < 4.78 is 5.52. The summed E-state index contributed by atoms with van der Waals surface area (Å²) in [7, 11) is 0. The summed E-state index contributed by atoms with van der Waals surface area (Å²) in [5.74, 6) is 0.856. The Labute approximate surface area is 168 Å². The number of ether oxygens (including phenoxy) is 1. The molecule has 0 radical (unpaired) electrons. The van der Waals surface area contributed by atoms with E-state index in [1.54, 1.807) is 24.3 Å². The first kappa shape index (κ1) is 19.6. The number of hydrogen-bond donors (Lipinski definition) is 2. The largest absolute Gasteiger partial charge is 0.484 e. The van der Waals surface area contributed by atoms with E-state index in [1.165, 1.54) is 0 Å². The van der Waals surface area contributed by atoms with Gasteiger partial charge < -0.3 is 15.4 Å². The van der Waals surface area contributed by atoms with E-state index in [1.807, 2.05) is 45.0 Å². The molecule has 0 aliphatic heterocycles. The number of aromatic nitrogens is 2. The second kappa shape index (κ2) is 8.71. The Morgan fingerprint density at radius 1 is 1.00 bits per heavy atom. The van der Waals surface area contributed by atoms with Crippen molar-refractivity contribution in [3.8, 4) is 5.75 Å². The average Bonchev–Trinajstić information content (AvgIpc) is 2.62. The lowest BCUT2D eigenvalue weighted by Gasteiger charge is -2.11. The monoisotopic (exact) mass is 396 g/mol. The number of carbonyl (C=O) groups is 1. The molecule has 144 valence electrons. The van der Waals surface area contributed by atoms with Gasteiger partial charge >= 0.3 is 0 Å². The zero-order valence-corrected chi connectivity index (χ0v) is 16.7. The Morgan fingerprint density at radius 2 is 1.71 bits per heavy atom. The van der Waals surface area contributed by atoms with Crippen LogP contribution in [-0.4, -0.2) is 22.5 Å². The Morgan fingerprint density at radius 3 is 2.43 bits per heavy atom. The van der Waals surface area contributed by atoms with Crippen molar-refractivity contribution < 1.29 is 9.53 Å². The van der Waals surface area contributed by atoms with Gasteiger partial charge in [0.05, 0.1) is 0 Å². The highest BCUT2D eigenvalue weighted by molar-refractivity contribution is 6.31. The minimum atomic E-state index is -0.257. The molecule has 0 spiro atoms. The fraction of sp³-hybridized carbons (Fsp3) is 0.190. The number of carbonyl (C=O) groups excluding carboxylic acids is 1. The van der Waals surface area contributed by atoms with Crippen LogP contribution in [0.15, 0.2) is 48.5 Å². The number of halogens is 1. The zero-order valence-electron chi connectivity index (χ0n) is 15.9. The van der Waals surface area contributed by atoms with Crippen LogP contribution in [0, 0.1) is 20.8 Å². The second-order valence-corrected chi connectivity index (χ2v) is 6.84. The van der Waals surface area contributed by atoms with Crippen molar-refractivity contribution in [1.29, 1.82) is 0 Å². The van der Waals surface area contributed by atoms with Crippen LogP contribution >= 0.6 is 11.6 Å². The maximum absolute atomic E-state index is 12.2. The molecule has 1 amide bonds. The van der Waals surface area contributed by atoms with Crippen LogP contribution in [0.25, 0.3) is 0 Å². The topological polar surface area (TPSA) is 76.1 Å². The first-order valence-corrected chi connectivity index (χ1v) is 9.15. The van der Waals surface area contributed by atoms with Crippen molar-refractivity contribution in [2.24, 2.45) is 0 Å². The van der Waals surface area contributed by atoms with Gasteiger partial charge in [-0.3, -0.25) is 4.79 Å². The van der Waals surface area contributed by atoms with Crippen molar-refractivity contribution in [2.75, 3.05) is 17.2 Å². The molecule has 3 rings (SSSR count). The molecule has 2 aromatic carbocycles. The Bertz CT molecular complexity index is 987. The van der Waals surface area contributed by atoms with E-state index in [-0.39, 0.29) is 12.5 Å². The van der Waals surface area contributed by atoms with Crippen molar-refractivity contribution in [3.05, 3.63) is 70.5 Å². The number of aryl methyl sites for hydroxylation is 3. The van der Waals surface area contributed by atoms with E-state index in [9.17, 15) is 4.79 Å². The molecular weight excluding hydrogens is 376 g/mol. The van der Waals surface area contributed by atoms with Gasteiger partial charge in [0.1, 0.15) is 5.75 Å². The minimum Gasteiger partial charge on any atom is -0.484 e. The average molecular weight is 397 g/mol. The lowest BCUT2D eigenvalue weighted by atomic mass is 10.2. The van der Waals surface area contributed by atoms with Crippen LogP contribution in [0.3, 0.4) is 0 Å². The van der Waals surface area contributed by atoms with Gasteiger partial charge in [0.15, 0.2) is 6.61 Å². The van der Waals surface area contributed by atoms with Gasteiger partial charge in [0, 0.05) is 27.8 Å². The molecule has 0 saturated carbocycles. The molecule has 0 aliphatic carbocycles. The Kier molecular flexibility index (Phi) is 6.11. The highest BCUT2D eigenvalue weighted by Gasteiger charge is 2.07. The third kappa shape index (κ3) is 5.44. The number of nitrogens with zero attached hydrogens (tertiary/aromatic N) is 2. The lowest BCUT2D eigenvalue weighted by Crippen LogP contribution is -2.20. The van der Waals surface area contributed by atoms with Crippen LogP contribution in [0.2, 0.25) is 5.02 Å². The van der Waals surface area contributed by atoms with E-state index in [4.69, 9.17) is 16.3 Å². The fourth-order valence-electron chi connectivity index (χ4n) is 2.64. The molecule has 28 heavy (non-hydrogen) atoms. The third-order valence-electron chi connectivity index (χ3n) is 3.88. The Balaban J connectivity index is 1.60. The lowest BCUT2D eigenvalue weighted by molar-refractivity contribution is -0.118. The van der Waals surface area contributed by atoms with E-state index in [2.05, 4.69) is 20.6 Å². The predicted molar refractivity (Wildman–Crippen MR) is 112 cm³/mol. The van der Waals surface area contributed by atoms with Gasteiger partial charge in [-0.25, -0.2) is 9.97 Å². The van der Waals surface area contributed by atoms with Crippen LogP contribution in [0.5, 0.6) is 5.75 Å². The molecule has 6 nitrogen and oxygen atoms in total. The summed E-state index contributed by atoms with van der Waals surface area (Å²) in [4.78, 5) is 20.9. The normalized spacial score (nSPS) is 10.4. The van der Waals surface area contributed by atoms with Gasteiger partial charge in [-0.05, 0) is 68.8 Å².